The molecule has 8 nitrogen and oxygen atoms in total. The molecule has 0 heterocycles. The van der Waals surface area contributed by atoms with E-state index in [0.29, 0.717) is 28.0 Å². The first kappa shape index (κ1) is 21.0. The maximum atomic E-state index is 11.1. The number of ether oxygens (including phenoxy) is 2. The van der Waals surface area contributed by atoms with Gasteiger partial charge >= 0.3 is 7.82 Å². The molecular weight excluding hydrogens is 375 g/mol. The van der Waals surface area contributed by atoms with E-state index in [0.717, 1.165) is 0 Å². The normalized spacial score (nSPS) is 11.6. The molecule has 0 unspecified atom stereocenters. The van der Waals surface area contributed by atoms with Gasteiger partial charge in [-0.3, -0.25) is 9.79 Å². The predicted octanol–water partition coefficient (Wildman–Crippen LogP) is 2.33. The lowest BCUT2D eigenvalue weighted by atomic mass is 10.0. The van der Waals surface area contributed by atoms with Crippen molar-refractivity contribution >= 4 is 20.0 Å². The SMILES string of the molecule is COc1ccc(/C=C\c2cc(CO)c(CO)c(OC)c2)cc1OP(=O)(O)O. The number of phosphoric ester groups is 1. The lowest BCUT2D eigenvalue weighted by molar-refractivity contribution is 0.254. The van der Waals surface area contributed by atoms with Crippen molar-refractivity contribution < 1.29 is 38.6 Å². The van der Waals surface area contributed by atoms with Crippen LogP contribution < -0.4 is 14.0 Å². The van der Waals surface area contributed by atoms with E-state index in [9.17, 15) is 14.8 Å². The maximum absolute atomic E-state index is 11.1. The summed E-state index contributed by atoms with van der Waals surface area (Å²) in [7, 11) is -1.89. The molecule has 0 amide bonds. The standard InChI is InChI=1S/C18H21O8P/c1-24-16-6-5-12(8-18(16)26-27(21,22)23)3-4-13-7-14(10-19)15(11-20)17(9-13)25-2/h3-9,19-20H,10-11H2,1-2H3,(H2,21,22,23)/b4-3-. The van der Waals surface area contributed by atoms with Crippen LogP contribution in [0.4, 0.5) is 0 Å². The first-order chi connectivity index (χ1) is 12.8. The van der Waals surface area contributed by atoms with Crippen molar-refractivity contribution in [3.63, 3.8) is 0 Å². The summed E-state index contributed by atoms with van der Waals surface area (Å²) in [4.78, 5) is 18.0. The second kappa shape index (κ2) is 9.03. The number of benzene rings is 2. The third kappa shape index (κ3) is 5.56. The molecule has 4 N–H and O–H groups in total. The Labute approximate surface area is 156 Å². The van der Waals surface area contributed by atoms with Crippen molar-refractivity contribution in [3.8, 4) is 17.2 Å². The Balaban J connectivity index is 2.37. The molecule has 2 aromatic rings. The zero-order valence-corrected chi connectivity index (χ0v) is 15.7. The Hall–Kier alpha value is -2.35. The first-order valence-electron chi connectivity index (χ1n) is 7.84. The average Bonchev–Trinajstić information content (AvgIpc) is 2.64. The number of methoxy groups -OCH3 is 2. The Morgan fingerprint density at radius 2 is 1.52 bits per heavy atom. The molecule has 27 heavy (non-hydrogen) atoms. The molecule has 0 aromatic heterocycles. The van der Waals surface area contributed by atoms with Crippen LogP contribution in [0.5, 0.6) is 17.2 Å². The maximum Gasteiger partial charge on any atom is 0.524 e. The highest BCUT2D eigenvalue weighted by atomic mass is 31.2. The molecule has 0 aliphatic carbocycles. The van der Waals surface area contributed by atoms with E-state index in [2.05, 4.69) is 4.52 Å². The number of hydrogen-bond donors (Lipinski definition) is 4. The van der Waals surface area contributed by atoms with E-state index in [-0.39, 0.29) is 24.7 Å². The van der Waals surface area contributed by atoms with Gasteiger partial charge in [-0.25, -0.2) is 4.57 Å². The molecule has 0 bridgehead atoms. The van der Waals surface area contributed by atoms with Crippen LogP contribution in [0, 0.1) is 0 Å². The van der Waals surface area contributed by atoms with E-state index in [1.165, 1.54) is 26.4 Å². The minimum atomic E-state index is -4.73. The average molecular weight is 396 g/mol. The highest BCUT2D eigenvalue weighted by molar-refractivity contribution is 7.46. The Kier molecular flexibility index (Phi) is 7.01. The predicted molar refractivity (Wildman–Crippen MR) is 99.4 cm³/mol. The summed E-state index contributed by atoms with van der Waals surface area (Å²) in [6.45, 7) is -0.513. The molecule has 9 heteroatoms. The highest BCUT2D eigenvalue weighted by Crippen LogP contribution is 2.42. The molecule has 0 aliphatic rings. The minimum Gasteiger partial charge on any atom is -0.496 e. The molecule has 0 radical (unpaired) electrons. The lowest BCUT2D eigenvalue weighted by Crippen LogP contribution is -1.99. The van der Waals surface area contributed by atoms with Crippen LogP contribution in [0.2, 0.25) is 0 Å². The van der Waals surface area contributed by atoms with Gasteiger partial charge in [-0.2, -0.15) is 0 Å². The van der Waals surface area contributed by atoms with Crippen molar-refractivity contribution in [1.29, 1.82) is 0 Å². The summed E-state index contributed by atoms with van der Waals surface area (Å²) in [6.07, 6.45) is 3.42. The largest absolute Gasteiger partial charge is 0.524 e. The van der Waals surface area contributed by atoms with Gasteiger partial charge in [-0.1, -0.05) is 18.2 Å². The third-order valence-corrected chi connectivity index (χ3v) is 4.18. The van der Waals surface area contributed by atoms with E-state index >= 15 is 0 Å². The quantitative estimate of drug-likeness (QED) is 0.396. The number of rotatable bonds is 8. The number of aliphatic hydroxyl groups excluding tert-OH is 2. The van der Waals surface area contributed by atoms with Crippen LogP contribution >= 0.6 is 7.82 Å². The Bertz CT molecular complexity index is 847. The van der Waals surface area contributed by atoms with Gasteiger partial charge < -0.3 is 24.2 Å². The number of phosphoric acid groups is 1. The fourth-order valence-corrected chi connectivity index (χ4v) is 2.91. The zero-order chi connectivity index (χ0) is 20.0. The van der Waals surface area contributed by atoms with E-state index in [1.807, 2.05) is 0 Å². The Morgan fingerprint density at radius 3 is 2.07 bits per heavy atom. The fourth-order valence-electron chi connectivity index (χ4n) is 2.51. The monoisotopic (exact) mass is 396 g/mol. The van der Waals surface area contributed by atoms with Crippen molar-refractivity contribution in [3.05, 3.63) is 52.6 Å². The molecule has 2 aromatic carbocycles. The second-order valence-electron chi connectivity index (χ2n) is 5.50. The molecular formula is C18H21O8P. The van der Waals surface area contributed by atoms with Crippen molar-refractivity contribution in [2.45, 2.75) is 13.2 Å². The van der Waals surface area contributed by atoms with Gasteiger partial charge in [0.2, 0.25) is 0 Å². The van der Waals surface area contributed by atoms with Crippen molar-refractivity contribution in [2.24, 2.45) is 0 Å². The van der Waals surface area contributed by atoms with Crippen LogP contribution in [-0.2, 0) is 17.8 Å². The van der Waals surface area contributed by atoms with Crippen LogP contribution in [0.25, 0.3) is 12.2 Å². The molecule has 0 atom stereocenters. The fraction of sp³-hybridized carbons (Fsp3) is 0.222. The van der Waals surface area contributed by atoms with Crippen LogP contribution in [0.15, 0.2) is 30.3 Å². The summed E-state index contributed by atoms with van der Waals surface area (Å²) in [6, 6.07) is 8.06. The van der Waals surface area contributed by atoms with Crippen LogP contribution in [-0.4, -0.2) is 34.2 Å². The smallest absolute Gasteiger partial charge is 0.496 e. The highest BCUT2D eigenvalue weighted by Gasteiger charge is 2.19. The summed E-state index contributed by atoms with van der Waals surface area (Å²) < 4.78 is 26.0. The third-order valence-electron chi connectivity index (χ3n) is 3.75. The number of hydrogen-bond acceptors (Lipinski definition) is 6. The second-order valence-corrected chi connectivity index (χ2v) is 6.67. The van der Waals surface area contributed by atoms with Gasteiger partial charge in [-0.05, 0) is 41.0 Å². The van der Waals surface area contributed by atoms with Crippen LogP contribution in [0.3, 0.4) is 0 Å². The van der Waals surface area contributed by atoms with Gasteiger partial charge in [0.25, 0.3) is 0 Å². The van der Waals surface area contributed by atoms with E-state index in [1.54, 1.807) is 30.4 Å². The van der Waals surface area contributed by atoms with Gasteiger partial charge in [0.05, 0.1) is 27.4 Å². The molecule has 0 aliphatic heterocycles. The number of aliphatic hydroxyl groups is 2. The van der Waals surface area contributed by atoms with Gasteiger partial charge in [-0.15, -0.1) is 0 Å². The summed E-state index contributed by atoms with van der Waals surface area (Å²) >= 11 is 0. The first-order valence-corrected chi connectivity index (χ1v) is 9.37. The van der Waals surface area contributed by atoms with Gasteiger partial charge in [0, 0.05) is 5.56 Å². The summed E-state index contributed by atoms with van der Waals surface area (Å²) in [5.41, 5.74) is 2.37. The van der Waals surface area contributed by atoms with E-state index < -0.39 is 7.82 Å². The molecule has 0 spiro atoms. The molecule has 0 saturated carbocycles. The summed E-state index contributed by atoms with van der Waals surface area (Å²) in [5, 5.41) is 18.9. The van der Waals surface area contributed by atoms with Gasteiger partial charge in [0.15, 0.2) is 11.5 Å². The summed E-state index contributed by atoms with van der Waals surface area (Å²) in [5.74, 6) is 0.549. The minimum absolute atomic E-state index is 0.0859. The van der Waals surface area contributed by atoms with Crippen molar-refractivity contribution in [1.82, 2.24) is 0 Å². The van der Waals surface area contributed by atoms with Gasteiger partial charge in [0.1, 0.15) is 5.75 Å². The molecule has 0 fully saturated rings. The van der Waals surface area contributed by atoms with Crippen LogP contribution in [0.1, 0.15) is 22.3 Å². The van der Waals surface area contributed by atoms with E-state index in [4.69, 9.17) is 19.3 Å². The Morgan fingerprint density at radius 1 is 0.889 bits per heavy atom. The molecule has 146 valence electrons. The lowest BCUT2D eigenvalue weighted by Gasteiger charge is -2.12. The van der Waals surface area contributed by atoms with Crippen molar-refractivity contribution in [2.75, 3.05) is 14.2 Å². The topological polar surface area (TPSA) is 126 Å². The molecule has 0 saturated heterocycles. The zero-order valence-electron chi connectivity index (χ0n) is 14.8. The molecule has 2 rings (SSSR count).